The second kappa shape index (κ2) is 8.68. The summed E-state index contributed by atoms with van der Waals surface area (Å²) in [5.74, 6) is -0.651. The first-order valence-corrected chi connectivity index (χ1v) is 8.00. The van der Waals surface area contributed by atoms with Crippen molar-refractivity contribution in [3.63, 3.8) is 0 Å². The van der Waals surface area contributed by atoms with E-state index in [0.717, 1.165) is 58.5 Å². The minimum Gasteiger partial charge on any atom is -0.480 e. The lowest BCUT2D eigenvalue weighted by Crippen LogP contribution is -2.49. The van der Waals surface area contributed by atoms with Gasteiger partial charge >= 0.3 is 5.97 Å². The van der Waals surface area contributed by atoms with Crippen molar-refractivity contribution in [1.29, 1.82) is 0 Å². The van der Waals surface area contributed by atoms with Crippen LogP contribution >= 0.6 is 0 Å². The van der Waals surface area contributed by atoms with E-state index in [9.17, 15) is 9.90 Å². The van der Waals surface area contributed by atoms with Gasteiger partial charge in [0, 0.05) is 19.7 Å². The molecular weight excluding hydrogens is 272 g/mol. The fourth-order valence-corrected chi connectivity index (χ4v) is 3.40. The molecule has 0 amide bonds. The molecule has 0 aromatic carbocycles. The Morgan fingerprint density at radius 3 is 2.57 bits per heavy atom. The number of nitrogens with zero attached hydrogens (tertiary/aromatic N) is 2. The molecule has 0 bridgehead atoms. The maximum Gasteiger partial charge on any atom is 0.320 e. The van der Waals surface area contributed by atoms with Crippen molar-refractivity contribution in [2.45, 2.75) is 37.8 Å². The van der Waals surface area contributed by atoms with Crippen molar-refractivity contribution >= 4 is 5.97 Å². The molecule has 122 valence electrons. The van der Waals surface area contributed by atoms with Gasteiger partial charge in [0.2, 0.25) is 0 Å². The second-order valence-electron chi connectivity index (χ2n) is 5.91. The van der Waals surface area contributed by atoms with Gasteiger partial charge in [0.1, 0.15) is 6.04 Å². The molecule has 1 N–H and O–H groups in total. The number of carboxylic acid groups (broad SMARTS) is 1. The molecule has 2 fully saturated rings. The van der Waals surface area contributed by atoms with Crippen LogP contribution in [0.15, 0.2) is 0 Å². The molecule has 0 aromatic heterocycles. The van der Waals surface area contributed by atoms with Gasteiger partial charge < -0.3 is 19.5 Å². The summed E-state index contributed by atoms with van der Waals surface area (Å²) < 4.78 is 10.4. The number of ether oxygens (including phenoxy) is 2. The number of methoxy groups -OCH3 is 1. The number of likely N-dealkylation sites (tertiary alicyclic amines) is 2. The lowest BCUT2D eigenvalue weighted by molar-refractivity contribution is -0.143. The van der Waals surface area contributed by atoms with Crippen molar-refractivity contribution in [2.24, 2.45) is 0 Å². The monoisotopic (exact) mass is 300 g/mol. The molecule has 0 spiro atoms. The fourth-order valence-electron chi connectivity index (χ4n) is 3.40. The van der Waals surface area contributed by atoms with Crippen LogP contribution < -0.4 is 0 Å². The normalized spacial score (nSPS) is 25.5. The summed E-state index contributed by atoms with van der Waals surface area (Å²) in [6, 6.07) is 0.193. The van der Waals surface area contributed by atoms with Crippen molar-refractivity contribution < 1.29 is 19.4 Å². The number of carboxylic acids is 1. The van der Waals surface area contributed by atoms with Crippen molar-refractivity contribution in [3.8, 4) is 0 Å². The van der Waals surface area contributed by atoms with E-state index in [-0.39, 0.29) is 6.04 Å². The molecule has 2 heterocycles. The summed E-state index contributed by atoms with van der Waals surface area (Å²) in [4.78, 5) is 15.9. The van der Waals surface area contributed by atoms with E-state index in [2.05, 4.69) is 9.80 Å². The third kappa shape index (κ3) is 4.92. The maximum atomic E-state index is 11.3. The largest absolute Gasteiger partial charge is 0.480 e. The average Bonchev–Trinajstić information content (AvgIpc) is 2.97. The highest BCUT2D eigenvalue weighted by Gasteiger charge is 2.36. The molecule has 0 aromatic rings. The predicted octanol–water partition coefficient (Wildman–Crippen LogP) is 0.663. The van der Waals surface area contributed by atoms with Gasteiger partial charge in [-0.05, 0) is 45.3 Å². The van der Waals surface area contributed by atoms with Crippen LogP contribution in [0.4, 0.5) is 0 Å². The van der Waals surface area contributed by atoms with Gasteiger partial charge in [0.15, 0.2) is 0 Å². The first-order chi connectivity index (χ1) is 10.2. The van der Waals surface area contributed by atoms with E-state index in [4.69, 9.17) is 9.47 Å². The quantitative estimate of drug-likeness (QED) is 0.665. The number of aliphatic carboxylic acids is 1. The molecule has 0 radical (unpaired) electrons. The van der Waals surface area contributed by atoms with E-state index in [1.165, 1.54) is 0 Å². The molecule has 6 nitrogen and oxygen atoms in total. The Labute approximate surface area is 127 Å². The highest BCUT2D eigenvalue weighted by Crippen LogP contribution is 2.26. The van der Waals surface area contributed by atoms with E-state index in [1.807, 2.05) is 0 Å². The SMILES string of the molecule is COCCOCCN1CCC(N2CCCC2C(=O)O)CC1. The summed E-state index contributed by atoms with van der Waals surface area (Å²) in [7, 11) is 1.68. The van der Waals surface area contributed by atoms with Crippen LogP contribution in [0, 0.1) is 0 Å². The van der Waals surface area contributed by atoms with E-state index < -0.39 is 5.97 Å². The summed E-state index contributed by atoms with van der Waals surface area (Å²) in [6.45, 7) is 6.03. The maximum absolute atomic E-state index is 11.3. The first-order valence-electron chi connectivity index (χ1n) is 8.00. The zero-order valence-corrected chi connectivity index (χ0v) is 13.0. The molecule has 2 aliphatic rings. The number of hydrogen-bond donors (Lipinski definition) is 1. The standard InChI is InChI=1S/C15H28N2O4/c1-20-11-12-21-10-9-16-7-4-13(5-8-16)17-6-2-3-14(17)15(18)19/h13-14H,2-12H2,1H3,(H,18,19). The highest BCUT2D eigenvalue weighted by atomic mass is 16.5. The number of rotatable bonds is 8. The van der Waals surface area contributed by atoms with Crippen LogP contribution in [-0.2, 0) is 14.3 Å². The Morgan fingerprint density at radius 2 is 1.90 bits per heavy atom. The molecule has 2 rings (SSSR count). The summed E-state index contributed by atoms with van der Waals surface area (Å²) in [6.07, 6.45) is 3.97. The van der Waals surface area contributed by atoms with Gasteiger partial charge in [-0.2, -0.15) is 0 Å². The summed E-state index contributed by atoms with van der Waals surface area (Å²) in [5, 5.41) is 9.27. The Hall–Kier alpha value is -0.690. The lowest BCUT2D eigenvalue weighted by atomic mass is 10.0. The van der Waals surface area contributed by atoms with Crippen molar-refractivity contribution in [3.05, 3.63) is 0 Å². The van der Waals surface area contributed by atoms with Crippen LogP contribution in [0.1, 0.15) is 25.7 Å². The van der Waals surface area contributed by atoms with Gasteiger partial charge in [-0.3, -0.25) is 9.69 Å². The zero-order chi connectivity index (χ0) is 15.1. The Morgan fingerprint density at radius 1 is 1.14 bits per heavy atom. The third-order valence-electron chi connectivity index (χ3n) is 4.59. The molecule has 0 saturated carbocycles. The minimum absolute atomic E-state index is 0.251. The Kier molecular flexibility index (Phi) is 6.89. The molecule has 1 unspecified atom stereocenters. The number of hydrogen-bond acceptors (Lipinski definition) is 5. The molecule has 21 heavy (non-hydrogen) atoms. The minimum atomic E-state index is -0.651. The molecule has 2 aliphatic heterocycles. The molecule has 2 saturated heterocycles. The van der Waals surface area contributed by atoms with E-state index >= 15 is 0 Å². The summed E-state index contributed by atoms with van der Waals surface area (Å²) >= 11 is 0. The zero-order valence-electron chi connectivity index (χ0n) is 13.0. The van der Waals surface area contributed by atoms with Gasteiger partial charge in [-0.15, -0.1) is 0 Å². The van der Waals surface area contributed by atoms with Crippen molar-refractivity contribution in [1.82, 2.24) is 9.80 Å². The van der Waals surface area contributed by atoms with Crippen LogP contribution in [0.25, 0.3) is 0 Å². The van der Waals surface area contributed by atoms with Crippen LogP contribution in [0.2, 0.25) is 0 Å². The van der Waals surface area contributed by atoms with Gasteiger partial charge in [-0.1, -0.05) is 0 Å². The lowest BCUT2D eigenvalue weighted by Gasteiger charge is -2.38. The van der Waals surface area contributed by atoms with Crippen LogP contribution in [0.5, 0.6) is 0 Å². The highest BCUT2D eigenvalue weighted by molar-refractivity contribution is 5.73. The van der Waals surface area contributed by atoms with Gasteiger partial charge in [0.05, 0.1) is 19.8 Å². The summed E-state index contributed by atoms with van der Waals surface area (Å²) in [5.41, 5.74) is 0. The average molecular weight is 300 g/mol. The Bertz CT molecular complexity index is 319. The second-order valence-corrected chi connectivity index (χ2v) is 5.91. The number of piperidine rings is 1. The first kappa shape index (κ1) is 16.7. The Balaban J connectivity index is 1.65. The molecular formula is C15H28N2O4. The van der Waals surface area contributed by atoms with Crippen LogP contribution in [-0.4, -0.2) is 86.1 Å². The van der Waals surface area contributed by atoms with E-state index in [1.54, 1.807) is 7.11 Å². The topological polar surface area (TPSA) is 62.2 Å². The molecule has 0 aliphatic carbocycles. The van der Waals surface area contributed by atoms with Gasteiger partial charge in [0.25, 0.3) is 0 Å². The predicted molar refractivity (Wildman–Crippen MR) is 79.5 cm³/mol. The third-order valence-corrected chi connectivity index (χ3v) is 4.59. The van der Waals surface area contributed by atoms with Gasteiger partial charge in [-0.25, -0.2) is 0 Å². The van der Waals surface area contributed by atoms with E-state index in [0.29, 0.717) is 19.3 Å². The smallest absolute Gasteiger partial charge is 0.320 e. The fraction of sp³-hybridized carbons (Fsp3) is 0.933. The molecule has 6 heteroatoms. The number of carbonyl (C=O) groups is 1. The molecule has 1 atom stereocenters. The van der Waals surface area contributed by atoms with Crippen LogP contribution in [0.3, 0.4) is 0 Å². The van der Waals surface area contributed by atoms with Crippen molar-refractivity contribution in [2.75, 3.05) is 53.1 Å².